The fourth-order valence-electron chi connectivity index (χ4n) is 1.15. The standard InChI is InChI=1S/C13H19N5S/c1-10(19-13(14)18(4)5)15-16-11-6-8-12(9-7-11)17(2)3/h6-9,14H,1H2,2-5H3. The van der Waals surface area contributed by atoms with Crippen molar-refractivity contribution in [2.24, 2.45) is 10.2 Å². The molecule has 19 heavy (non-hydrogen) atoms. The predicted molar refractivity (Wildman–Crippen MR) is 83.4 cm³/mol. The van der Waals surface area contributed by atoms with Crippen molar-refractivity contribution in [2.75, 3.05) is 33.1 Å². The lowest BCUT2D eigenvalue weighted by molar-refractivity contribution is 0.632. The van der Waals surface area contributed by atoms with E-state index in [9.17, 15) is 0 Å². The molecule has 0 aromatic heterocycles. The number of nitrogens with one attached hydrogen (secondary N) is 1. The Hall–Kier alpha value is -1.82. The molecule has 1 aromatic rings. The smallest absolute Gasteiger partial charge is 0.162 e. The summed E-state index contributed by atoms with van der Waals surface area (Å²) in [6, 6.07) is 7.75. The van der Waals surface area contributed by atoms with Crippen molar-refractivity contribution in [1.29, 1.82) is 5.41 Å². The predicted octanol–water partition coefficient (Wildman–Crippen LogP) is 3.54. The van der Waals surface area contributed by atoms with Gasteiger partial charge in [0, 0.05) is 33.9 Å². The van der Waals surface area contributed by atoms with Crippen molar-refractivity contribution < 1.29 is 0 Å². The molecule has 1 N–H and O–H groups in total. The van der Waals surface area contributed by atoms with E-state index in [0.29, 0.717) is 10.2 Å². The Morgan fingerprint density at radius 1 is 1.16 bits per heavy atom. The molecule has 0 spiro atoms. The molecule has 0 bridgehead atoms. The van der Waals surface area contributed by atoms with Gasteiger partial charge in [-0.1, -0.05) is 6.58 Å². The summed E-state index contributed by atoms with van der Waals surface area (Å²) in [6.07, 6.45) is 0. The zero-order chi connectivity index (χ0) is 14.4. The summed E-state index contributed by atoms with van der Waals surface area (Å²) in [7, 11) is 7.59. The van der Waals surface area contributed by atoms with Gasteiger partial charge in [0.1, 0.15) is 5.03 Å². The molecule has 0 fully saturated rings. The van der Waals surface area contributed by atoms with Gasteiger partial charge in [0.25, 0.3) is 0 Å². The van der Waals surface area contributed by atoms with E-state index in [1.165, 1.54) is 11.8 Å². The molecule has 102 valence electrons. The molecule has 0 atom stereocenters. The highest BCUT2D eigenvalue weighted by atomic mass is 32.2. The summed E-state index contributed by atoms with van der Waals surface area (Å²) in [5.41, 5.74) is 1.88. The highest BCUT2D eigenvalue weighted by molar-refractivity contribution is 8.16. The van der Waals surface area contributed by atoms with Gasteiger partial charge in [0.15, 0.2) is 5.17 Å². The molecule has 0 saturated carbocycles. The average Bonchev–Trinajstić information content (AvgIpc) is 2.36. The molecule has 0 amide bonds. The van der Waals surface area contributed by atoms with Gasteiger partial charge in [0.05, 0.1) is 5.69 Å². The number of amidine groups is 1. The van der Waals surface area contributed by atoms with Gasteiger partial charge in [-0.25, -0.2) is 0 Å². The molecule has 0 unspecified atom stereocenters. The lowest BCUT2D eigenvalue weighted by Gasteiger charge is -2.12. The number of azo groups is 1. The maximum absolute atomic E-state index is 7.65. The Morgan fingerprint density at radius 3 is 2.21 bits per heavy atom. The van der Waals surface area contributed by atoms with E-state index in [1.54, 1.807) is 19.0 Å². The van der Waals surface area contributed by atoms with Crippen LogP contribution in [0.25, 0.3) is 0 Å². The summed E-state index contributed by atoms with van der Waals surface area (Å²) >= 11 is 1.18. The Kier molecular flexibility index (Phi) is 5.57. The summed E-state index contributed by atoms with van der Waals surface area (Å²) in [6.45, 7) is 3.76. The Morgan fingerprint density at radius 2 is 1.74 bits per heavy atom. The van der Waals surface area contributed by atoms with Gasteiger partial charge in [0.2, 0.25) is 0 Å². The molecule has 6 heteroatoms. The fourth-order valence-corrected chi connectivity index (χ4v) is 1.64. The van der Waals surface area contributed by atoms with Crippen LogP contribution >= 0.6 is 11.8 Å². The van der Waals surface area contributed by atoms with Crippen molar-refractivity contribution in [3.63, 3.8) is 0 Å². The first-order chi connectivity index (χ1) is 8.90. The van der Waals surface area contributed by atoms with Gasteiger partial charge in [-0.3, -0.25) is 5.41 Å². The topological polar surface area (TPSA) is 55.1 Å². The van der Waals surface area contributed by atoms with Crippen LogP contribution in [-0.2, 0) is 0 Å². The highest BCUT2D eigenvalue weighted by Gasteiger charge is 2.02. The van der Waals surface area contributed by atoms with E-state index in [2.05, 4.69) is 16.8 Å². The minimum Gasteiger partial charge on any atom is -0.378 e. The highest BCUT2D eigenvalue weighted by Crippen LogP contribution is 2.22. The van der Waals surface area contributed by atoms with Crippen LogP contribution in [0.15, 0.2) is 46.1 Å². The van der Waals surface area contributed by atoms with Gasteiger partial charge in [-0.2, -0.15) is 5.11 Å². The number of benzene rings is 1. The maximum Gasteiger partial charge on any atom is 0.162 e. The zero-order valence-corrected chi connectivity index (χ0v) is 12.5. The van der Waals surface area contributed by atoms with Crippen LogP contribution in [-0.4, -0.2) is 38.3 Å². The lowest BCUT2D eigenvalue weighted by atomic mass is 10.3. The number of rotatable bonds is 4. The number of thioether (sulfide) groups is 1. The first kappa shape index (κ1) is 15.2. The average molecular weight is 277 g/mol. The van der Waals surface area contributed by atoms with Crippen LogP contribution in [0.5, 0.6) is 0 Å². The van der Waals surface area contributed by atoms with Crippen LogP contribution in [0, 0.1) is 5.41 Å². The van der Waals surface area contributed by atoms with Crippen molar-refractivity contribution in [3.05, 3.63) is 35.9 Å². The van der Waals surface area contributed by atoms with Crippen LogP contribution in [0.4, 0.5) is 11.4 Å². The molecule has 5 nitrogen and oxygen atoms in total. The Balaban J connectivity index is 2.61. The third-order valence-electron chi connectivity index (χ3n) is 2.26. The molecule has 0 saturated heterocycles. The fraction of sp³-hybridized carbons (Fsp3) is 0.308. The second kappa shape index (κ2) is 6.94. The third kappa shape index (κ3) is 5.13. The van der Waals surface area contributed by atoms with E-state index in [4.69, 9.17) is 5.41 Å². The molecule has 0 heterocycles. The number of hydrogen-bond donors (Lipinski definition) is 1. The lowest BCUT2D eigenvalue weighted by Crippen LogP contribution is -2.16. The van der Waals surface area contributed by atoms with Gasteiger partial charge in [-0.15, -0.1) is 5.11 Å². The first-order valence-electron chi connectivity index (χ1n) is 5.72. The minimum absolute atomic E-state index is 0.381. The van der Waals surface area contributed by atoms with Crippen LogP contribution in [0.3, 0.4) is 0 Å². The van der Waals surface area contributed by atoms with E-state index >= 15 is 0 Å². The Bertz CT molecular complexity index is 476. The van der Waals surface area contributed by atoms with E-state index in [0.717, 1.165) is 11.4 Å². The van der Waals surface area contributed by atoms with Crippen LogP contribution < -0.4 is 4.90 Å². The van der Waals surface area contributed by atoms with Crippen molar-refractivity contribution in [1.82, 2.24) is 4.90 Å². The minimum atomic E-state index is 0.381. The Labute approximate surface area is 118 Å². The summed E-state index contributed by atoms with van der Waals surface area (Å²) in [4.78, 5) is 3.71. The summed E-state index contributed by atoms with van der Waals surface area (Å²) in [5.74, 6) is 0. The largest absolute Gasteiger partial charge is 0.378 e. The maximum atomic E-state index is 7.65. The second-order valence-electron chi connectivity index (χ2n) is 4.31. The second-order valence-corrected chi connectivity index (χ2v) is 5.37. The molecule has 1 aromatic carbocycles. The summed E-state index contributed by atoms with van der Waals surface area (Å²) in [5, 5.41) is 16.6. The number of hydrogen-bond acceptors (Lipinski definition) is 5. The molecule has 0 aliphatic rings. The third-order valence-corrected chi connectivity index (χ3v) is 3.14. The number of nitrogens with zero attached hydrogens (tertiary/aromatic N) is 4. The van der Waals surface area contributed by atoms with Crippen molar-refractivity contribution in [2.45, 2.75) is 0 Å². The van der Waals surface area contributed by atoms with Gasteiger partial charge >= 0.3 is 0 Å². The van der Waals surface area contributed by atoms with Crippen LogP contribution in [0.1, 0.15) is 0 Å². The normalized spacial score (nSPS) is 10.5. The number of anilines is 1. The molecular weight excluding hydrogens is 258 g/mol. The SMILES string of the molecule is C=C(N=Nc1ccc(N(C)C)cc1)SC(=N)N(C)C. The van der Waals surface area contributed by atoms with Crippen LogP contribution in [0.2, 0.25) is 0 Å². The first-order valence-corrected chi connectivity index (χ1v) is 6.53. The monoisotopic (exact) mass is 277 g/mol. The zero-order valence-electron chi connectivity index (χ0n) is 11.7. The van der Waals surface area contributed by atoms with E-state index in [-0.39, 0.29) is 0 Å². The van der Waals surface area contributed by atoms with Crippen molar-refractivity contribution in [3.8, 4) is 0 Å². The molecule has 0 radical (unpaired) electrons. The molecule has 0 aliphatic heterocycles. The summed E-state index contributed by atoms with van der Waals surface area (Å²) < 4.78 is 0. The van der Waals surface area contributed by atoms with E-state index < -0.39 is 0 Å². The molecular formula is C13H19N5S. The van der Waals surface area contributed by atoms with Gasteiger partial charge in [-0.05, 0) is 36.0 Å². The quantitative estimate of drug-likeness (QED) is 0.520. The molecule has 1 rings (SSSR count). The van der Waals surface area contributed by atoms with Crippen molar-refractivity contribution >= 4 is 28.3 Å². The van der Waals surface area contributed by atoms with E-state index in [1.807, 2.05) is 43.3 Å². The van der Waals surface area contributed by atoms with Gasteiger partial charge < -0.3 is 9.80 Å². The molecule has 0 aliphatic carbocycles.